The second-order valence-electron chi connectivity index (χ2n) is 5.18. The van der Waals surface area contributed by atoms with E-state index in [1.54, 1.807) is 0 Å². The maximum Gasteiger partial charge on any atom is 0.186 e. The van der Waals surface area contributed by atoms with Crippen LogP contribution in [0.15, 0.2) is 78.9 Å². The van der Waals surface area contributed by atoms with E-state index >= 15 is 0 Å². The molecule has 23 heavy (non-hydrogen) atoms. The molecular formula is C20H17LiOP. The van der Waals surface area contributed by atoms with Gasteiger partial charge in [0.2, 0.25) is 0 Å². The molecule has 0 spiro atoms. The van der Waals surface area contributed by atoms with Gasteiger partial charge in [-0.3, -0.25) is 4.79 Å². The van der Waals surface area contributed by atoms with Crippen LogP contribution < -0.4 is 5.30 Å². The van der Waals surface area contributed by atoms with Gasteiger partial charge in [-0.15, -0.1) is 0 Å². The van der Waals surface area contributed by atoms with Gasteiger partial charge in [-0.2, -0.15) is 0 Å². The normalized spacial score (nSPS) is 10.5. The molecule has 0 amide bonds. The van der Waals surface area contributed by atoms with Gasteiger partial charge in [0.05, 0.1) is 0 Å². The number of carbonyl (C=O) groups excluding carboxylic acids is 1. The molecule has 3 rings (SSSR count). The van der Waals surface area contributed by atoms with Crippen LogP contribution >= 0.6 is 8.58 Å². The van der Waals surface area contributed by atoms with Crippen molar-refractivity contribution in [2.45, 2.75) is 6.92 Å². The van der Waals surface area contributed by atoms with Gasteiger partial charge in [0.15, 0.2) is 5.52 Å². The van der Waals surface area contributed by atoms with Crippen molar-refractivity contribution >= 4 is 38.3 Å². The van der Waals surface area contributed by atoms with E-state index in [9.17, 15) is 4.79 Å². The summed E-state index contributed by atoms with van der Waals surface area (Å²) < 4.78 is 0. The Morgan fingerprint density at radius 1 is 0.783 bits per heavy atom. The van der Waals surface area contributed by atoms with Crippen molar-refractivity contribution in [3.8, 4) is 11.1 Å². The number of rotatable bonds is 4. The van der Waals surface area contributed by atoms with E-state index in [4.69, 9.17) is 0 Å². The molecule has 0 aliphatic carbocycles. The first-order valence-electron chi connectivity index (χ1n) is 7.27. The fraction of sp³-hybridized carbons (Fsp3) is 0.0500. The molecule has 0 saturated heterocycles. The molecule has 1 atom stereocenters. The molecule has 1 radical (unpaired) electrons. The molecule has 0 bridgehead atoms. The van der Waals surface area contributed by atoms with Crippen molar-refractivity contribution in [1.82, 2.24) is 0 Å². The molecule has 1 nitrogen and oxygen atoms in total. The van der Waals surface area contributed by atoms with Gasteiger partial charge in [-0.05, 0) is 37.5 Å². The van der Waals surface area contributed by atoms with Gasteiger partial charge < -0.3 is 0 Å². The summed E-state index contributed by atoms with van der Waals surface area (Å²) >= 11 is 0. The van der Waals surface area contributed by atoms with Crippen molar-refractivity contribution in [2.75, 3.05) is 0 Å². The zero-order chi connectivity index (χ0) is 15.4. The van der Waals surface area contributed by atoms with Gasteiger partial charge >= 0.3 is 0 Å². The maximum absolute atomic E-state index is 12.8. The summed E-state index contributed by atoms with van der Waals surface area (Å²) in [5.74, 6) is 0. The summed E-state index contributed by atoms with van der Waals surface area (Å²) in [6.07, 6.45) is 0. The second-order valence-corrected chi connectivity index (χ2v) is 6.47. The van der Waals surface area contributed by atoms with Gasteiger partial charge in [-0.1, -0.05) is 78.9 Å². The largest absolute Gasteiger partial charge is 0.289 e. The Balaban J connectivity index is 0.00000192. The van der Waals surface area contributed by atoms with E-state index in [-0.39, 0.29) is 33.0 Å². The molecular weight excluding hydrogens is 294 g/mol. The first-order valence-corrected chi connectivity index (χ1v) is 8.27. The first kappa shape index (κ1) is 17.7. The van der Waals surface area contributed by atoms with E-state index in [2.05, 4.69) is 12.1 Å². The molecule has 0 saturated carbocycles. The fourth-order valence-electron chi connectivity index (χ4n) is 2.54. The minimum atomic E-state index is 0. The number of benzene rings is 3. The average Bonchev–Trinajstić information content (AvgIpc) is 2.56. The van der Waals surface area contributed by atoms with Crippen LogP contribution in [0.5, 0.6) is 0 Å². The summed E-state index contributed by atoms with van der Waals surface area (Å²) in [6.45, 7) is 2.01. The molecule has 3 heteroatoms. The van der Waals surface area contributed by atoms with Crippen molar-refractivity contribution in [1.29, 1.82) is 0 Å². The molecule has 3 aromatic rings. The van der Waals surface area contributed by atoms with Crippen molar-refractivity contribution < 1.29 is 4.79 Å². The summed E-state index contributed by atoms with van der Waals surface area (Å²) in [4.78, 5) is 12.8. The average molecular weight is 311 g/mol. The van der Waals surface area contributed by atoms with Crippen molar-refractivity contribution in [3.63, 3.8) is 0 Å². The summed E-state index contributed by atoms with van der Waals surface area (Å²) in [5, 5.41) is 1.08. The zero-order valence-electron chi connectivity index (χ0n) is 13.4. The van der Waals surface area contributed by atoms with E-state index in [1.807, 2.05) is 73.7 Å². The molecule has 0 aliphatic rings. The fourth-order valence-corrected chi connectivity index (χ4v) is 3.62. The maximum atomic E-state index is 12.8. The summed E-state index contributed by atoms with van der Waals surface area (Å²) in [6, 6.07) is 26.1. The minimum Gasteiger partial charge on any atom is -0.289 e. The van der Waals surface area contributed by atoms with Gasteiger partial charge in [-0.25, -0.2) is 0 Å². The second kappa shape index (κ2) is 8.28. The number of aryl methyl sites for hydroxylation is 1. The molecule has 0 aromatic heterocycles. The summed E-state index contributed by atoms with van der Waals surface area (Å²) in [7, 11) is 0.154. The molecule has 0 N–H and O–H groups in total. The van der Waals surface area contributed by atoms with E-state index in [0.717, 1.165) is 27.6 Å². The third kappa shape index (κ3) is 4.21. The standard InChI is InChI=1S/C20H17OP.Li/c1-15-9-8-14-18(16-10-4-2-5-11-16)19(15)20(21)22-17-12-6-3-7-13-17;/h2-14,22H,1H3;. The number of hydrogen-bond acceptors (Lipinski definition) is 1. The monoisotopic (exact) mass is 311 g/mol. The summed E-state index contributed by atoms with van der Waals surface area (Å²) in [5.41, 5.74) is 4.19. The Kier molecular flexibility index (Phi) is 6.37. The SMILES string of the molecule is Cc1cccc(-c2ccccc2)c1C(=O)Pc1ccccc1.[Li]. The topological polar surface area (TPSA) is 17.1 Å². The van der Waals surface area contributed by atoms with Crippen molar-refractivity contribution in [3.05, 3.63) is 90.0 Å². The van der Waals surface area contributed by atoms with Crippen molar-refractivity contribution in [2.24, 2.45) is 0 Å². The predicted molar refractivity (Wildman–Crippen MR) is 101 cm³/mol. The molecule has 109 valence electrons. The van der Waals surface area contributed by atoms with E-state index in [0.29, 0.717) is 0 Å². The quantitative estimate of drug-likeness (QED) is 0.515. The Morgan fingerprint density at radius 2 is 1.39 bits per heavy atom. The predicted octanol–water partition coefficient (Wildman–Crippen LogP) is 4.43. The Bertz CT molecular complexity index is 785. The third-order valence-electron chi connectivity index (χ3n) is 3.62. The minimum absolute atomic E-state index is 0. The van der Waals surface area contributed by atoms with Crippen LogP contribution in [-0.2, 0) is 0 Å². The molecule has 0 aliphatic heterocycles. The van der Waals surface area contributed by atoms with E-state index in [1.165, 1.54) is 0 Å². The molecule has 0 fully saturated rings. The van der Waals surface area contributed by atoms with Crippen LogP contribution in [0.1, 0.15) is 15.9 Å². The van der Waals surface area contributed by atoms with Gasteiger partial charge in [0.25, 0.3) is 0 Å². The molecule has 0 heterocycles. The van der Waals surface area contributed by atoms with Crippen LogP contribution in [0.25, 0.3) is 11.1 Å². The van der Waals surface area contributed by atoms with E-state index < -0.39 is 0 Å². The van der Waals surface area contributed by atoms with Gasteiger partial charge in [0, 0.05) is 24.4 Å². The molecule has 1 unspecified atom stereocenters. The smallest absolute Gasteiger partial charge is 0.186 e. The number of hydrogen-bond donors (Lipinski definition) is 0. The molecule has 3 aromatic carbocycles. The Hall–Kier alpha value is -1.64. The zero-order valence-corrected chi connectivity index (χ0v) is 14.4. The third-order valence-corrected chi connectivity index (χ3v) is 4.72. The van der Waals surface area contributed by atoms with Crippen LogP contribution in [-0.4, -0.2) is 24.4 Å². The van der Waals surface area contributed by atoms with Crippen LogP contribution in [0, 0.1) is 6.92 Å². The van der Waals surface area contributed by atoms with Crippen LogP contribution in [0.4, 0.5) is 0 Å². The Labute approximate surface area is 151 Å². The van der Waals surface area contributed by atoms with Crippen LogP contribution in [0.3, 0.4) is 0 Å². The van der Waals surface area contributed by atoms with Gasteiger partial charge in [0.1, 0.15) is 0 Å². The van der Waals surface area contributed by atoms with Crippen LogP contribution in [0.2, 0.25) is 0 Å². The Morgan fingerprint density at radius 3 is 2.04 bits per heavy atom. The number of carbonyl (C=O) groups is 1. The first-order chi connectivity index (χ1) is 10.8.